The van der Waals surface area contributed by atoms with Crippen molar-refractivity contribution in [3.8, 4) is 6.07 Å². The summed E-state index contributed by atoms with van der Waals surface area (Å²) in [6, 6.07) is 6.43. The van der Waals surface area contributed by atoms with Crippen LogP contribution in [0, 0.1) is 17.2 Å². The molecule has 0 radical (unpaired) electrons. The molecular formula is C15H22N4. The number of hydrogen-bond donors (Lipinski definition) is 1. The molecule has 0 spiro atoms. The Hall–Kier alpha value is -1.60. The fourth-order valence-electron chi connectivity index (χ4n) is 2.56. The number of aromatic nitrogens is 1. The first-order valence-electron chi connectivity index (χ1n) is 7.04. The summed E-state index contributed by atoms with van der Waals surface area (Å²) in [7, 11) is 0. The maximum atomic E-state index is 9.16. The second-order valence-corrected chi connectivity index (χ2v) is 5.50. The van der Waals surface area contributed by atoms with Gasteiger partial charge in [0.2, 0.25) is 0 Å². The Bertz CT molecular complexity index is 450. The summed E-state index contributed by atoms with van der Waals surface area (Å²) >= 11 is 0. The molecular weight excluding hydrogens is 236 g/mol. The summed E-state index contributed by atoms with van der Waals surface area (Å²) in [5.41, 5.74) is 0.681. The van der Waals surface area contributed by atoms with Crippen molar-refractivity contribution < 1.29 is 0 Å². The maximum Gasteiger partial charge on any atom is 0.146 e. The highest BCUT2D eigenvalue weighted by molar-refractivity contribution is 5.53. The molecule has 0 amide bonds. The van der Waals surface area contributed by atoms with E-state index in [0.717, 1.165) is 25.5 Å². The highest BCUT2D eigenvalue weighted by Gasteiger charge is 2.22. The molecule has 1 aliphatic heterocycles. The van der Waals surface area contributed by atoms with Gasteiger partial charge in [0, 0.05) is 25.3 Å². The van der Waals surface area contributed by atoms with E-state index in [1.165, 1.54) is 12.8 Å². The third-order valence-corrected chi connectivity index (χ3v) is 3.54. The van der Waals surface area contributed by atoms with Gasteiger partial charge in [0.15, 0.2) is 0 Å². The van der Waals surface area contributed by atoms with Crippen LogP contribution in [0.3, 0.4) is 0 Å². The monoisotopic (exact) mass is 258 g/mol. The number of nitriles is 1. The van der Waals surface area contributed by atoms with Gasteiger partial charge >= 0.3 is 0 Å². The minimum Gasteiger partial charge on any atom is -0.355 e. The third-order valence-electron chi connectivity index (χ3n) is 3.54. The van der Waals surface area contributed by atoms with Crippen molar-refractivity contribution in [2.75, 3.05) is 24.5 Å². The Morgan fingerprint density at radius 1 is 1.58 bits per heavy atom. The van der Waals surface area contributed by atoms with E-state index < -0.39 is 0 Å². The second-order valence-electron chi connectivity index (χ2n) is 5.50. The van der Waals surface area contributed by atoms with Crippen LogP contribution in [0.25, 0.3) is 0 Å². The van der Waals surface area contributed by atoms with Gasteiger partial charge in [-0.15, -0.1) is 0 Å². The third kappa shape index (κ3) is 3.68. The lowest BCUT2D eigenvalue weighted by Gasteiger charge is -2.34. The number of pyridine rings is 1. The molecule has 1 saturated heterocycles. The van der Waals surface area contributed by atoms with E-state index in [0.29, 0.717) is 17.5 Å². The molecule has 1 aromatic heterocycles. The van der Waals surface area contributed by atoms with Crippen LogP contribution in [0.15, 0.2) is 18.3 Å². The fraction of sp³-hybridized carbons (Fsp3) is 0.600. The fourth-order valence-corrected chi connectivity index (χ4v) is 2.56. The molecule has 19 heavy (non-hydrogen) atoms. The Labute approximate surface area is 115 Å². The topological polar surface area (TPSA) is 52.0 Å². The summed E-state index contributed by atoms with van der Waals surface area (Å²) in [6.07, 6.45) is 4.20. The first-order valence-corrected chi connectivity index (χ1v) is 7.04. The van der Waals surface area contributed by atoms with Gasteiger partial charge < -0.3 is 10.2 Å². The van der Waals surface area contributed by atoms with Crippen LogP contribution in [0.1, 0.15) is 32.3 Å². The molecule has 0 saturated carbocycles. The molecule has 0 aromatic carbocycles. The van der Waals surface area contributed by atoms with E-state index in [1.807, 2.05) is 12.1 Å². The van der Waals surface area contributed by atoms with Gasteiger partial charge in [-0.3, -0.25) is 0 Å². The van der Waals surface area contributed by atoms with Gasteiger partial charge in [0.05, 0.1) is 5.56 Å². The largest absolute Gasteiger partial charge is 0.355 e. The van der Waals surface area contributed by atoms with Crippen molar-refractivity contribution in [2.45, 2.75) is 32.7 Å². The molecule has 1 unspecified atom stereocenters. The molecule has 1 aromatic rings. The van der Waals surface area contributed by atoms with Gasteiger partial charge in [-0.1, -0.05) is 13.8 Å². The highest BCUT2D eigenvalue weighted by atomic mass is 15.2. The minimum absolute atomic E-state index is 0.528. The molecule has 4 nitrogen and oxygen atoms in total. The Balaban J connectivity index is 2.03. The summed E-state index contributed by atoms with van der Waals surface area (Å²) in [6.45, 7) is 7.39. The zero-order chi connectivity index (χ0) is 13.7. The van der Waals surface area contributed by atoms with E-state index in [2.05, 4.69) is 35.1 Å². The summed E-state index contributed by atoms with van der Waals surface area (Å²) in [5.74, 6) is 1.49. The highest BCUT2D eigenvalue weighted by Crippen LogP contribution is 2.23. The van der Waals surface area contributed by atoms with Crippen molar-refractivity contribution in [1.29, 1.82) is 5.26 Å². The Kier molecular flexibility index (Phi) is 4.75. The summed E-state index contributed by atoms with van der Waals surface area (Å²) in [5, 5.41) is 12.7. The quantitative estimate of drug-likeness (QED) is 0.899. The lowest BCUT2D eigenvalue weighted by atomic mass is 9.97. The number of rotatable bonds is 4. The first-order chi connectivity index (χ1) is 9.20. The SMILES string of the molecule is CC(C)NCC1CCCN(c2ncccc2C#N)C1. The van der Waals surface area contributed by atoms with Crippen molar-refractivity contribution >= 4 is 5.82 Å². The van der Waals surface area contributed by atoms with Crippen LogP contribution in [0.5, 0.6) is 0 Å². The number of piperidine rings is 1. The van der Waals surface area contributed by atoms with Crippen molar-refractivity contribution in [1.82, 2.24) is 10.3 Å². The first kappa shape index (κ1) is 13.8. The van der Waals surface area contributed by atoms with E-state index >= 15 is 0 Å². The number of anilines is 1. The molecule has 1 fully saturated rings. The van der Waals surface area contributed by atoms with Crippen LogP contribution in [-0.4, -0.2) is 30.7 Å². The predicted octanol–water partition coefficient (Wildman–Crippen LogP) is 2.17. The van der Waals surface area contributed by atoms with Crippen LogP contribution in [0.2, 0.25) is 0 Å². The Morgan fingerprint density at radius 2 is 2.42 bits per heavy atom. The number of hydrogen-bond acceptors (Lipinski definition) is 4. The molecule has 2 heterocycles. The average Bonchev–Trinajstić information content (AvgIpc) is 2.45. The van der Waals surface area contributed by atoms with Crippen LogP contribution < -0.4 is 10.2 Å². The smallest absolute Gasteiger partial charge is 0.146 e. The second kappa shape index (κ2) is 6.53. The number of nitrogens with one attached hydrogen (secondary N) is 1. The van der Waals surface area contributed by atoms with Gasteiger partial charge in [0.1, 0.15) is 11.9 Å². The summed E-state index contributed by atoms with van der Waals surface area (Å²) in [4.78, 5) is 6.64. The van der Waals surface area contributed by atoms with Crippen LogP contribution in [-0.2, 0) is 0 Å². The molecule has 0 aliphatic carbocycles. The van der Waals surface area contributed by atoms with Gasteiger partial charge in [-0.2, -0.15) is 5.26 Å². The van der Waals surface area contributed by atoms with Crippen LogP contribution >= 0.6 is 0 Å². The van der Waals surface area contributed by atoms with Crippen LogP contribution in [0.4, 0.5) is 5.82 Å². The van der Waals surface area contributed by atoms with E-state index in [4.69, 9.17) is 5.26 Å². The number of nitrogens with zero attached hydrogens (tertiary/aromatic N) is 3. The zero-order valence-electron chi connectivity index (χ0n) is 11.8. The molecule has 1 atom stereocenters. The standard InChI is InChI=1S/C15H22N4/c1-12(2)18-10-13-5-4-8-19(11-13)15-14(9-16)6-3-7-17-15/h3,6-7,12-13,18H,4-5,8,10-11H2,1-2H3. The van der Waals surface area contributed by atoms with Gasteiger partial charge in [-0.25, -0.2) is 4.98 Å². The molecule has 1 aliphatic rings. The van der Waals surface area contributed by atoms with E-state index in [1.54, 1.807) is 6.20 Å². The lowest BCUT2D eigenvalue weighted by Crippen LogP contribution is -2.41. The van der Waals surface area contributed by atoms with Crippen molar-refractivity contribution in [3.63, 3.8) is 0 Å². The van der Waals surface area contributed by atoms with Gasteiger partial charge in [0.25, 0.3) is 0 Å². The zero-order valence-corrected chi connectivity index (χ0v) is 11.8. The predicted molar refractivity (Wildman–Crippen MR) is 77.0 cm³/mol. The molecule has 0 bridgehead atoms. The van der Waals surface area contributed by atoms with E-state index in [-0.39, 0.29) is 0 Å². The molecule has 4 heteroatoms. The normalized spacial score (nSPS) is 19.5. The van der Waals surface area contributed by atoms with Crippen molar-refractivity contribution in [3.05, 3.63) is 23.9 Å². The molecule has 1 N–H and O–H groups in total. The van der Waals surface area contributed by atoms with Gasteiger partial charge in [-0.05, 0) is 37.4 Å². The lowest BCUT2D eigenvalue weighted by molar-refractivity contribution is 0.378. The minimum atomic E-state index is 0.528. The average molecular weight is 258 g/mol. The van der Waals surface area contributed by atoms with Crippen molar-refractivity contribution in [2.24, 2.45) is 5.92 Å². The Morgan fingerprint density at radius 3 is 3.16 bits per heavy atom. The molecule has 102 valence electrons. The maximum absolute atomic E-state index is 9.16. The molecule has 2 rings (SSSR count). The summed E-state index contributed by atoms with van der Waals surface area (Å²) < 4.78 is 0. The van der Waals surface area contributed by atoms with E-state index in [9.17, 15) is 0 Å².